The van der Waals surface area contributed by atoms with Gasteiger partial charge in [0.1, 0.15) is 11.6 Å². The monoisotopic (exact) mass is 289 g/mol. The highest BCUT2D eigenvalue weighted by Crippen LogP contribution is 2.22. The predicted octanol–water partition coefficient (Wildman–Crippen LogP) is 0.896. The van der Waals surface area contributed by atoms with Crippen LogP contribution >= 0.6 is 0 Å². The van der Waals surface area contributed by atoms with Crippen molar-refractivity contribution in [3.8, 4) is 0 Å². The third-order valence-electron chi connectivity index (χ3n) is 4.20. The van der Waals surface area contributed by atoms with E-state index in [-0.39, 0.29) is 5.91 Å². The molecule has 6 heteroatoms. The molecule has 0 radical (unpaired) electrons. The molecule has 3 rings (SSSR count). The molecule has 2 N–H and O–H groups in total. The second-order valence-electron chi connectivity index (χ2n) is 5.83. The lowest BCUT2D eigenvalue weighted by Gasteiger charge is -2.16. The first-order chi connectivity index (χ1) is 10.2. The normalized spacial score (nSPS) is 22.0. The molecule has 2 aliphatic heterocycles. The van der Waals surface area contributed by atoms with Crippen LogP contribution in [0, 0.1) is 6.92 Å². The number of hydrogen-bond donors (Lipinski definition) is 2. The average molecular weight is 289 g/mol. The van der Waals surface area contributed by atoms with Crippen LogP contribution in [0.5, 0.6) is 0 Å². The van der Waals surface area contributed by atoms with E-state index in [4.69, 9.17) is 0 Å². The minimum Gasteiger partial charge on any atom is -0.368 e. The zero-order chi connectivity index (χ0) is 14.7. The molecule has 114 valence electrons. The minimum atomic E-state index is 0.272. The van der Waals surface area contributed by atoms with Crippen molar-refractivity contribution >= 4 is 11.7 Å². The number of rotatable bonds is 5. The number of aromatic nitrogens is 2. The van der Waals surface area contributed by atoms with Gasteiger partial charge in [0, 0.05) is 44.6 Å². The first-order valence-corrected chi connectivity index (χ1v) is 7.80. The van der Waals surface area contributed by atoms with Crippen LogP contribution in [0.25, 0.3) is 0 Å². The van der Waals surface area contributed by atoms with E-state index in [9.17, 15) is 4.79 Å². The molecule has 6 nitrogen and oxygen atoms in total. The molecule has 1 aromatic heterocycles. The Balaban J connectivity index is 1.58. The number of nitrogens with one attached hydrogen (secondary N) is 2. The summed E-state index contributed by atoms with van der Waals surface area (Å²) in [5.41, 5.74) is 1.12. The van der Waals surface area contributed by atoms with Crippen LogP contribution in [0.2, 0.25) is 0 Å². The van der Waals surface area contributed by atoms with Crippen LogP contribution < -0.4 is 10.6 Å². The van der Waals surface area contributed by atoms with E-state index in [0.717, 1.165) is 62.9 Å². The number of likely N-dealkylation sites (tertiary alicyclic amines) is 1. The molecule has 2 saturated heterocycles. The Labute approximate surface area is 125 Å². The van der Waals surface area contributed by atoms with Gasteiger partial charge >= 0.3 is 0 Å². The Hall–Kier alpha value is -1.69. The van der Waals surface area contributed by atoms with E-state index < -0.39 is 0 Å². The van der Waals surface area contributed by atoms with Crippen LogP contribution in [0.3, 0.4) is 0 Å². The lowest BCUT2D eigenvalue weighted by atomic mass is 10.0. The Bertz CT molecular complexity index is 513. The van der Waals surface area contributed by atoms with Crippen LogP contribution in [-0.4, -0.2) is 53.5 Å². The van der Waals surface area contributed by atoms with Crippen molar-refractivity contribution in [2.75, 3.05) is 38.0 Å². The van der Waals surface area contributed by atoms with Crippen molar-refractivity contribution in [2.45, 2.75) is 32.1 Å². The van der Waals surface area contributed by atoms with E-state index in [0.29, 0.717) is 12.3 Å². The summed E-state index contributed by atoms with van der Waals surface area (Å²) in [6.07, 6.45) is 2.83. The highest BCUT2D eigenvalue weighted by molar-refractivity contribution is 5.78. The van der Waals surface area contributed by atoms with Gasteiger partial charge in [-0.3, -0.25) is 4.79 Å². The standard InChI is InChI=1S/C15H23N5O/c1-11-18-13(12-4-5-16-10-12)9-14(19-11)17-6-8-20-7-2-3-15(20)21/h9,12,16H,2-8,10H2,1H3,(H,17,18,19)/t12-/m0/s1. The molecular formula is C15H23N5O. The van der Waals surface area contributed by atoms with Gasteiger partial charge in [-0.05, 0) is 26.3 Å². The van der Waals surface area contributed by atoms with Crippen molar-refractivity contribution in [3.05, 3.63) is 17.6 Å². The Kier molecular flexibility index (Phi) is 4.34. The van der Waals surface area contributed by atoms with Crippen LogP contribution in [-0.2, 0) is 4.79 Å². The number of aryl methyl sites for hydroxylation is 1. The summed E-state index contributed by atoms with van der Waals surface area (Å²) in [5.74, 6) is 2.44. The van der Waals surface area contributed by atoms with Gasteiger partial charge in [-0.2, -0.15) is 0 Å². The second-order valence-corrected chi connectivity index (χ2v) is 5.83. The molecule has 2 aliphatic rings. The summed E-state index contributed by atoms with van der Waals surface area (Å²) in [7, 11) is 0. The van der Waals surface area contributed by atoms with Gasteiger partial charge in [-0.15, -0.1) is 0 Å². The Morgan fingerprint density at radius 2 is 2.38 bits per heavy atom. The molecule has 0 saturated carbocycles. The maximum absolute atomic E-state index is 11.6. The molecule has 0 aliphatic carbocycles. The van der Waals surface area contributed by atoms with Gasteiger partial charge < -0.3 is 15.5 Å². The third kappa shape index (κ3) is 3.50. The van der Waals surface area contributed by atoms with Gasteiger partial charge in [-0.25, -0.2) is 9.97 Å². The van der Waals surface area contributed by atoms with Gasteiger partial charge in [0.15, 0.2) is 0 Å². The SMILES string of the molecule is Cc1nc(NCCN2CCCC2=O)cc([C@H]2CCNC2)n1. The quantitative estimate of drug-likeness (QED) is 0.842. The van der Waals surface area contributed by atoms with E-state index >= 15 is 0 Å². The first kappa shape index (κ1) is 14.3. The largest absolute Gasteiger partial charge is 0.368 e. The fourth-order valence-corrected chi connectivity index (χ4v) is 3.06. The van der Waals surface area contributed by atoms with E-state index in [1.807, 2.05) is 11.8 Å². The molecule has 0 bridgehead atoms. The Morgan fingerprint density at radius 3 is 3.10 bits per heavy atom. The van der Waals surface area contributed by atoms with Crippen molar-refractivity contribution < 1.29 is 4.79 Å². The lowest BCUT2D eigenvalue weighted by Crippen LogP contribution is -2.30. The molecule has 1 aromatic rings. The summed E-state index contributed by atoms with van der Waals surface area (Å²) >= 11 is 0. The molecule has 0 unspecified atom stereocenters. The van der Waals surface area contributed by atoms with Crippen molar-refractivity contribution in [1.29, 1.82) is 0 Å². The summed E-state index contributed by atoms with van der Waals surface area (Å²) < 4.78 is 0. The van der Waals surface area contributed by atoms with E-state index in [2.05, 4.69) is 26.7 Å². The van der Waals surface area contributed by atoms with Crippen molar-refractivity contribution in [1.82, 2.24) is 20.2 Å². The van der Waals surface area contributed by atoms with Crippen LogP contribution in [0.15, 0.2) is 6.07 Å². The molecule has 1 amide bonds. The number of carbonyl (C=O) groups is 1. The fraction of sp³-hybridized carbons (Fsp3) is 0.667. The number of nitrogens with zero attached hydrogens (tertiary/aromatic N) is 3. The fourth-order valence-electron chi connectivity index (χ4n) is 3.06. The van der Waals surface area contributed by atoms with Gasteiger partial charge in [0.05, 0.1) is 5.69 Å². The predicted molar refractivity (Wildman–Crippen MR) is 81.3 cm³/mol. The summed E-state index contributed by atoms with van der Waals surface area (Å²) in [6.45, 7) is 6.38. The van der Waals surface area contributed by atoms with Crippen molar-refractivity contribution in [2.24, 2.45) is 0 Å². The Morgan fingerprint density at radius 1 is 1.48 bits per heavy atom. The molecule has 21 heavy (non-hydrogen) atoms. The maximum atomic E-state index is 11.6. The van der Waals surface area contributed by atoms with Crippen molar-refractivity contribution in [3.63, 3.8) is 0 Å². The summed E-state index contributed by atoms with van der Waals surface area (Å²) in [5, 5.41) is 6.70. The highest BCUT2D eigenvalue weighted by Gasteiger charge is 2.20. The van der Waals surface area contributed by atoms with Gasteiger partial charge in [-0.1, -0.05) is 0 Å². The molecule has 3 heterocycles. The van der Waals surface area contributed by atoms with Crippen LogP contribution in [0.1, 0.15) is 36.7 Å². The molecule has 1 atom stereocenters. The first-order valence-electron chi connectivity index (χ1n) is 7.80. The van der Waals surface area contributed by atoms with Gasteiger partial charge in [0.2, 0.25) is 5.91 Å². The minimum absolute atomic E-state index is 0.272. The summed E-state index contributed by atoms with van der Waals surface area (Å²) in [4.78, 5) is 22.5. The second kappa shape index (κ2) is 6.39. The zero-order valence-corrected chi connectivity index (χ0v) is 12.6. The molecule has 2 fully saturated rings. The summed E-state index contributed by atoms with van der Waals surface area (Å²) in [6, 6.07) is 2.05. The molecule has 0 aromatic carbocycles. The molecular weight excluding hydrogens is 266 g/mol. The number of amides is 1. The molecule has 0 spiro atoms. The number of carbonyl (C=O) groups excluding carboxylic acids is 1. The number of hydrogen-bond acceptors (Lipinski definition) is 5. The smallest absolute Gasteiger partial charge is 0.222 e. The lowest BCUT2D eigenvalue weighted by molar-refractivity contribution is -0.127. The highest BCUT2D eigenvalue weighted by atomic mass is 16.2. The van der Waals surface area contributed by atoms with E-state index in [1.165, 1.54) is 0 Å². The van der Waals surface area contributed by atoms with Gasteiger partial charge in [0.25, 0.3) is 0 Å². The number of anilines is 1. The topological polar surface area (TPSA) is 70.2 Å². The average Bonchev–Trinajstić information content (AvgIpc) is 3.10. The maximum Gasteiger partial charge on any atom is 0.222 e. The third-order valence-corrected chi connectivity index (χ3v) is 4.20. The van der Waals surface area contributed by atoms with Crippen LogP contribution in [0.4, 0.5) is 5.82 Å². The zero-order valence-electron chi connectivity index (χ0n) is 12.6. The van der Waals surface area contributed by atoms with E-state index in [1.54, 1.807) is 0 Å².